The molecule has 2 atom stereocenters. The van der Waals surface area contributed by atoms with E-state index in [4.69, 9.17) is 4.74 Å². The van der Waals surface area contributed by atoms with Crippen LogP contribution in [0.2, 0.25) is 0 Å². The molecule has 0 unspecified atom stereocenters. The molecule has 0 aliphatic carbocycles. The minimum atomic E-state index is -0.517. The van der Waals surface area contributed by atoms with E-state index in [1.54, 1.807) is 11.8 Å². The van der Waals surface area contributed by atoms with E-state index in [1.807, 2.05) is 43.9 Å². The van der Waals surface area contributed by atoms with Crippen molar-refractivity contribution >= 4 is 23.8 Å². The van der Waals surface area contributed by atoms with Gasteiger partial charge in [-0.15, -0.1) is 11.8 Å². The van der Waals surface area contributed by atoms with Gasteiger partial charge in [0.05, 0.1) is 13.2 Å². The maximum Gasteiger partial charge on any atom is 0.411 e. The van der Waals surface area contributed by atoms with Crippen molar-refractivity contribution in [1.82, 2.24) is 4.90 Å². The van der Waals surface area contributed by atoms with Crippen LogP contribution < -0.4 is 0 Å². The first kappa shape index (κ1) is 26.3. The van der Waals surface area contributed by atoms with Gasteiger partial charge in [-0.25, -0.2) is 4.79 Å². The number of ether oxygens (including phenoxy) is 2. The largest absolute Gasteiger partial charge is 0.469 e. The molecule has 1 saturated heterocycles. The number of rotatable bonds is 11. The zero-order valence-electron chi connectivity index (χ0n) is 20.0. The molecule has 0 radical (unpaired) electrons. The molecule has 0 bridgehead atoms. The quantitative estimate of drug-likeness (QED) is 0.204. The van der Waals surface area contributed by atoms with E-state index in [9.17, 15) is 9.59 Å². The summed E-state index contributed by atoms with van der Waals surface area (Å²) in [7, 11) is 1.44. The van der Waals surface area contributed by atoms with Crippen molar-refractivity contribution in [3.63, 3.8) is 0 Å². The van der Waals surface area contributed by atoms with Crippen molar-refractivity contribution in [1.29, 1.82) is 0 Å². The molecular formula is C26H39NO4S. The van der Waals surface area contributed by atoms with E-state index in [2.05, 4.69) is 29.0 Å². The van der Waals surface area contributed by atoms with Crippen LogP contribution in [0.15, 0.2) is 42.5 Å². The van der Waals surface area contributed by atoms with Gasteiger partial charge in [-0.2, -0.15) is 0 Å². The van der Waals surface area contributed by atoms with E-state index in [0.717, 1.165) is 43.4 Å². The zero-order chi connectivity index (χ0) is 23.4. The van der Waals surface area contributed by atoms with E-state index in [0.29, 0.717) is 6.42 Å². The van der Waals surface area contributed by atoms with Crippen LogP contribution in [0.5, 0.6) is 0 Å². The molecule has 2 rings (SSSR count). The van der Waals surface area contributed by atoms with Crippen LogP contribution >= 0.6 is 11.8 Å². The molecule has 1 aromatic carbocycles. The van der Waals surface area contributed by atoms with Crippen molar-refractivity contribution in [2.24, 2.45) is 0 Å². The second-order valence-corrected chi connectivity index (χ2v) is 10.3. The first-order valence-electron chi connectivity index (χ1n) is 11.7. The van der Waals surface area contributed by atoms with Gasteiger partial charge in [-0.3, -0.25) is 9.69 Å². The molecule has 32 heavy (non-hydrogen) atoms. The highest BCUT2D eigenvalue weighted by atomic mass is 32.2. The van der Waals surface area contributed by atoms with Crippen LogP contribution in [0, 0.1) is 0 Å². The lowest BCUT2D eigenvalue weighted by atomic mass is 10.1. The number of thioether (sulfide) groups is 1. The summed E-state index contributed by atoms with van der Waals surface area (Å²) >= 11 is 1.79. The fourth-order valence-corrected chi connectivity index (χ4v) is 5.09. The Morgan fingerprint density at radius 2 is 1.72 bits per heavy atom. The average Bonchev–Trinajstić information content (AvgIpc) is 3.18. The number of methoxy groups -OCH3 is 1. The highest BCUT2D eigenvalue weighted by Crippen LogP contribution is 2.42. The summed E-state index contributed by atoms with van der Waals surface area (Å²) in [5.41, 5.74) is 0.614. The maximum atomic E-state index is 13.0. The van der Waals surface area contributed by atoms with Gasteiger partial charge in [0, 0.05) is 12.2 Å². The third-order valence-corrected chi connectivity index (χ3v) is 6.66. The first-order valence-corrected chi connectivity index (χ1v) is 12.8. The number of hydrogen-bond donors (Lipinski definition) is 0. The first-order chi connectivity index (χ1) is 15.3. The Morgan fingerprint density at radius 1 is 1.06 bits per heavy atom. The monoisotopic (exact) mass is 461 g/mol. The highest BCUT2D eigenvalue weighted by molar-refractivity contribution is 7.99. The molecule has 1 amide bonds. The fourth-order valence-electron chi connectivity index (χ4n) is 3.69. The second kappa shape index (κ2) is 13.6. The predicted molar refractivity (Wildman–Crippen MR) is 132 cm³/mol. The van der Waals surface area contributed by atoms with Gasteiger partial charge in [0.15, 0.2) is 0 Å². The number of benzene rings is 1. The molecule has 0 spiro atoms. The van der Waals surface area contributed by atoms with Gasteiger partial charge in [0.2, 0.25) is 0 Å². The summed E-state index contributed by atoms with van der Waals surface area (Å²) in [6.45, 7) is 5.73. The van der Waals surface area contributed by atoms with Crippen LogP contribution in [0.4, 0.5) is 4.79 Å². The third kappa shape index (κ3) is 9.27. The summed E-state index contributed by atoms with van der Waals surface area (Å²) < 4.78 is 10.4. The Kier molecular flexibility index (Phi) is 11.1. The number of unbranched alkanes of at least 4 members (excludes halogenated alkanes) is 6. The highest BCUT2D eigenvalue weighted by Gasteiger charge is 2.39. The van der Waals surface area contributed by atoms with Gasteiger partial charge in [-0.1, -0.05) is 68.2 Å². The Balaban J connectivity index is 1.80. The van der Waals surface area contributed by atoms with Crippen molar-refractivity contribution in [3.05, 3.63) is 48.0 Å². The van der Waals surface area contributed by atoms with E-state index < -0.39 is 5.60 Å². The van der Waals surface area contributed by atoms with Crippen LogP contribution in [-0.2, 0) is 14.3 Å². The Morgan fingerprint density at radius 3 is 2.38 bits per heavy atom. The number of esters is 1. The SMILES string of the molecule is COC(=O)CCCCCCCCC=C[C@@H]1CS[C@H](c2ccccc2)N1C(=O)OC(C)(C)C. The zero-order valence-corrected chi connectivity index (χ0v) is 20.9. The van der Waals surface area contributed by atoms with Crippen molar-refractivity contribution in [3.8, 4) is 0 Å². The van der Waals surface area contributed by atoms with E-state index in [-0.39, 0.29) is 23.5 Å². The Labute approximate surface area is 197 Å². The van der Waals surface area contributed by atoms with Gasteiger partial charge in [0.1, 0.15) is 11.0 Å². The normalized spacial score (nSPS) is 18.8. The summed E-state index contributed by atoms with van der Waals surface area (Å²) in [6.07, 6.45) is 12.3. The molecule has 1 heterocycles. The van der Waals surface area contributed by atoms with Crippen LogP contribution in [0.3, 0.4) is 0 Å². The smallest absolute Gasteiger partial charge is 0.411 e. The van der Waals surface area contributed by atoms with Crippen LogP contribution in [-0.4, -0.2) is 41.5 Å². The number of amides is 1. The molecule has 178 valence electrons. The number of allylic oxidation sites excluding steroid dienone is 1. The second-order valence-electron chi connectivity index (χ2n) is 9.22. The van der Waals surface area contributed by atoms with Crippen LogP contribution in [0.1, 0.15) is 83.1 Å². The van der Waals surface area contributed by atoms with Gasteiger partial charge in [-0.05, 0) is 45.6 Å². The minimum absolute atomic E-state index is 0.0225. The Bertz CT molecular complexity index is 729. The molecule has 6 heteroatoms. The molecule has 0 saturated carbocycles. The number of carbonyl (C=O) groups excluding carboxylic acids is 2. The molecule has 1 fully saturated rings. The lowest BCUT2D eigenvalue weighted by Gasteiger charge is -2.31. The summed E-state index contributed by atoms with van der Waals surface area (Å²) in [4.78, 5) is 26.0. The molecule has 1 aromatic rings. The van der Waals surface area contributed by atoms with Crippen molar-refractivity contribution in [2.75, 3.05) is 12.9 Å². The molecule has 5 nitrogen and oxygen atoms in total. The average molecular weight is 462 g/mol. The standard InChI is InChI=1S/C26H39NO4S/c1-26(2,3)31-25(29)27-22(20-32-24(27)21-16-12-11-13-17-21)18-14-9-7-5-6-8-10-15-19-23(28)30-4/h11-14,16-18,22,24H,5-10,15,19-20H2,1-4H3/t22-,24-/m1/s1. The minimum Gasteiger partial charge on any atom is -0.469 e. The van der Waals surface area contributed by atoms with Gasteiger partial charge in [0.25, 0.3) is 0 Å². The summed E-state index contributed by atoms with van der Waals surface area (Å²) in [6, 6.07) is 10.2. The number of carbonyl (C=O) groups is 2. The number of hydrogen-bond acceptors (Lipinski definition) is 5. The summed E-state index contributed by atoms with van der Waals surface area (Å²) in [5.74, 6) is 0.755. The molecule has 1 aliphatic heterocycles. The maximum absolute atomic E-state index is 13.0. The van der Waals surface area contributed by atoms with Gasteiger partial charge >= 0.3 is 12.1 Å². The topological polar surface area (TPSA) is 55.8 Å². The van der Waals surface area contributed by atoms with E-state index in [1.165, 1.54) is 20.0 Å². The number of nitrogens with zero attached hydrogens (tertiary/aromatic N) is 1. The van der Waals surface area contributed by atoms with Crippen molar-refractivity contribution in [2.45, 2.75) is 89.2 Å². The Hall–Kier alpha value is -1.95. The third-order valence-electron chi connectivity index (χ3n) is 5.31. The molecule has 1 aliphatic rings. The molecule has 0 N–H and O–H groups in total. The molecule has 0 aromatic heterocycles. The van der Waals surface area contributed by atoms with E-state index >= 15 is 0 Å². The fraction of sp³-hybridized carbons (Fsp3) is 0.615. The van der Waals surface area contributed by atoms with Crippen molar-refractivity contribution < 1.29 is 19.1 Å². The summed E-state index contributed by atoms with van der Waals surface area (Å²) in [5, 5.41) is -0.0225. The van der Waals surface area contributed by atoms with Gasteiger partial charge < -0.3 is 9.47 Å². The lowest BCUT2D eigenvalue weighted by Crippen LogP contribution is -2.40. The lowest BCUT2D eigenvalue weighted by molar-refractivity contribution is -0.140. The van der Waals surface area contributed by atoms with Crippen LogP contribution in [0.25, 0.3) is 0 Å². The molecular weight excluding hydrogens is 422 g/mol. The predicted octanol–water partition coefficient (Wildman–Crippen LogP) is 6.89.